The number of aromatic nitrogens is 1. The van der Waals surface area contributed by atoms with Crippen molar-refractivity contribution < 1.29 is 13.9 Å². The summed E-state index contributed by atoms with van der Waals surface area (Å²) in [6.07, 6.45) is 1.88. The van der Waals surface area contributed by atoms with E-state index in [0.717, 1.165) is 37.6 Å². The first-order valence-electron chi connectivity index (χ1n) is 10.8. The lowest BCUT2D eigenvalue weighted by molar-refractivity contribution is 0.0529. The maximum absolute atomic E-state index is 13.3. The summed E-state index contributed by atoms with van der Waals surface area (Å²) in [5.74, 6) is 1.86. The van der Waals surface area contributed by atoms with Crippen LogP contribution >= 0.6 is 0 Å². The number of benzene rings is 1. The molecule has 31 heavy (non-hydrogen) atoms. The van der Waals surface area contributed by atoms with Gasteiger partial charge >= 0.3 is 0 Å². The van der Waals surface area contributed by atoms with Crippen LogP contribution in [0.1, 0.15) is 26.3 Å². The minimum absolute atomic E-state index is 0.151. The van der Waals surface area contributed by atoms with Crippen LogP contribution in [0.2, 0.25) is 0 Å². The van der Waals surface area contributed by atoms with E-state index >= 15 is 0 Å². The van der Waals surface area contributed by atoms with Gasteiger partial charge in [-0.1, -0.05) is 6.07 Å². The van der Waals surface area contributed by atoms with Crippen LogP contribution in [0.3, 0.4) is 0 Å². The third-order valence-corrected chi connectivity index (χ3v) is 4.83. The number of nitrogens with zero attached hydrogens (tertiary/aromatic N) is 3. The van der Waals surface area contributed by atoms with Gasteiger partial charge in [-0.3, -0.25) is 0 Å². The summed E-state index contributed by atoms with van der Waals surface area (Å²) >= 11 is 0. The minimum atomic E-state index is -0.309. The third-order valence-electron chi connectivity index (χ3n) is 4.83. The number of hydrogen-bond acceptors (Lipinski definition) is 5. The first kappa shape index (κ1) is 22.8. The number of anilines is 1. The van der Waals surface area contributed by atoms with Crippen LogP contribution < -0.4 is 20.3 Å². The predicted octanol–water partition coefficient (Wildman–Crippen LogP) is 2.97. The van der Waals surface area contributed by atoms with Gasteiger partial charge in [-0.25, -0.2) is 14.4 Å². The molecule has 0 saturated carbocycles. The lowest BCUT2D eigenvalue weighted by atomic mass is 10.2. The zero-order valence-electron chi connectivity index (χ0n) is 18.5. The molecular weight excluding hydrogens is 397 g/mol. The zero-order valence-corrected chi connectivity index (χ0v) is 18.5. The molecule has 1 aliphatic rings. The van der Waals surface area contributed by atoms with E-state index in [4.69, 9.17) is 9.47 Å². The van der Waals surface area contributed by atoms with E-state index in [-0.39, 0.29) is 18.0 Å². The largest absolute Gasteiger partial charge is 0.489 e. The van der Waals surface area contributed by atoms with Crippen molar-refractivity contribution in [3.8, 4) is 5.75 Å². The van der Waals surface area contributed by atoms with E-state index in [0.29, 0.717) is 24.8 Å². The number of hydrogen-bond donors (Lipinski definition) is 2. The average Bonchev–Trinajstić information content (AvgIpc) is 2.76. The zero-order chi connectivity index (χ0) is 22.1. The summed E-state index contributed by atoms with van der Waals surface area (Å²) in [4.78, 5) is 11.4. The Morgan fingerprint density at radius 3 is 3.00 bits per heavy atom. The Kier molecular flexibility index (Phi) is 8.46. The van der Waals surface area contributed by atoms with Crippen LogP contribution in [-0.4, -0.2) is 55.9 Å². The van der Waals surface area contributed by atoms with Crippen LogP contribution in [0, 0.1) is 5.82 Å². The second-order valence-corrected chi connectivity index (χ2v) is 7.61. The molecule has 8 heteroatoms. The van der Waals surface area contributed by atoms with E-state index in [2.05, 4.69) is 38.5 Å². The molecule has 2 N–H and O–H groups in total. The Morgan fingerprint density at radius 2 is 2.23 bits per heavy atom. The van der Waals surface area contributed by atoms with E-state index in [1.54, 1.807) is 12.1 Å². The summed E-state index contributed by atoms with van der Waals surface area (Å²) in [5, 5.41) is 6.53. The molecule has 2 heterocycles. The number of halogens is 1. The van der Waals surface area contributed by atoms with Crippen LogP contribution in [0.5, 0.6) is 5.75 Å². The van der Waals surface area contributed by atoms with Gasteiger partial charge in [0.25, 0.3) is 0 Å². The lowest BCUT2D eigenvalue weighted by Gasteiger charge is -2.32. The molecular formula is C23H32FN5O2. The fourth-order valence-electron chi connectivity index (χ4n) is 3.33. The molecule has 2 unspecified atom stereocenters. The molecule has 3 rings (SSSR count). The fourth-order valence-corrected chi connectivity index (χ4v) is 3.33. The molecule has 7 nitrogen and oxygen atoms in total. The van der Waals surface area contributed by atoms with E-state index in [9.17, 15) is 4.39 Å². The van der Waals surface area contributed by atoms with Gasteiger partial charge in [-0.15, -0.1) is 0 Å². The maximum Gasteiger partial charge on any atom is 0.191 e. The highest BCUT2D eigenvalue weighted by atomic mass is 19.1. The molecule has 0 bridgehead atoms. The SMILES string of the molecule is CCNC(=NCc1ccnc(N2CCOC(C)C2)c1)NCC(C)Oc1cccc(F)c1. The second kappa shape index (κ2) is 11.5. The van der Waals surface area contributed by atoms with Gasteiger partial charge in [-0.2, -0.15) is 0 Å². The highest BCUT2D eigenvalue weighted by molar-refractivity contribution is 5.79. The van der Waals surface area contributed by atoms with E-state index < -0.39 is 0 Å². The van der Waals surface area contributed by atoms with Crippen molar-refractivity contribution in [3.63, 3.8) is 0 Å². The Hall–Kier alpha value is -2.87. The van der Waals surface area contributed by atoms with Crippen LogP contribution in [-0.2, 0) is 11.3 Å². The number of guanidine groups is 1. The molecule has 1 aromatic heterocycles. The molecule has 1 fully saturated rings. The normalized spacial score (nSPS) is 17.9. The second-order valence-electron chi connectivity index (χ2n) is 7.61. The summed E-state index contributed by atoms with van der Waals surface area (Å²) in [5.41, 5.74) is 1.09. The summed E-state index contributed by atoms with van der Waals surface area (Å²) in [6.45, 7) is 10.2. The number of rotatable bonds is 8. The fraction of sp³-hybridized carbons (Fsp3) is 0.478. The number of morpholine rings is 1. The van der Waals surface area contributed by atoms with Gasteiger partial charge in [0.2, 0.25) is 0 Å². The molecule has 0 radical (unpaired) electrons. The number of nitrogens with one attached hydrogen (secondary N) is 2. The first-order chi connectivity index (χ1) is 15.0. The van der Waals surface area contributed by atoms with Crippen LogP contribution in [0.15, 0.2) is 47.6 Å². The number of ether oxygens (including phenoxy) is 2. The molecule has 2 aromatic rings. The summed E-state index contributed by atoms with van der Waals surface area (Å²) in [7, 11) is 0. The van der Waals surface area contributed by atoms with Crippen LogP contribution in [0.25, 0.3) is 0 Å². The predicted molar refractivity (Wildman–Crippen MR) is 121 cm³/mol. The van der Waals surface area contributed by atoms with Gasteiger partial charge in [0.15, 0.2) is 5.96 Å². The summed E-state index contributed by atoms with van der Waals surface area (Å²) in [6, 6.07) is 10.2. The quantitative estimate of drug-likeness (QED) is 0.497. The maximum atomic E-state index is 13.3. The van der Waals surface area contributed by atoms with Crippen molar-refractivity contribution in [2.75, 3.05) is 37.7 Å². The van der Waals surface area contributed by atoms with Crippen molar-refractivity contribution >= 4 is 11.8 Å². The number of aliphatic imine (C=N–C) groups is 1. The molecule has 2 atom stereocenters. The molecule has 1 aliphatic heterocycles. The molecule has 168 valence electrons. The van der Waals surface area contributed by atoms with E-state index in [1.807, 2.05) is 26.1 Å². The first-order valence-corrected chi connectivity index (χ1v) is 10.8. The van der Waals surface area contributed by atoms with Gasteiger partial charge in [0, 0.05) is 31.9 Å². The standard InChI is InChI=1S/C23H32FN5O2/c1-4-25-23(27-14-17(2)31-21-7-5-6-20(24)13-21)28-15-19-8-9-26-22(12-19)29-10-11-30-18(3)16-29/h5-9,12-13,17-18H,4,10-11,14-16H2,1-3H3,(H2,25,27,28). The lowest BCUT2D eigenvalue weighted by Crippen LogP contribution is -2.42. The number of pyridine rings is 1. The van der Waals surface area contributed by atoms with Crippen molar-refractivity contribution in [1.29, 1.82) is 0 Å². The van der Waals surface area contributed by atoms with Crippen molar-refractivity contribution in [2.45, 2.75) is 39.5 Å². The minimum Gasteiger partial charge on any atom is -0.489 e. The topological polar surface area (TPSA) is 71.0 Å². The summed E-state index contributed by atoms with van der Waals surface area (Å²) < 4.78 is 24.7. The Bertz CT molecular complexity index is 863. The molecule has 1 saturated heterocycles. The van der Waals surface area contributed by atoms with Crippen LogP contribution in [0.4, 0.5) is 10.2 Å². The van der Waals surface area contributed by atoms with Gasteiger partial charge in [0.1, 0.15) is 23.5 Å². The highest BCUT2D eigenvalue weighted by Gasteiger charge is 2.18. The molecule has 0 spiro atoms. The van der Waals surface area contributed by atoms with Crippen molar-refractivity contribution in [2.24, 2.45) is 4.99 Å². The average molecular weight is 430 g/mol. The Morgan fingerprint density at radius 1 is 1.35 bits per heavy atom. The van der Waals surface area contributed by atoms with E-state index in [1.165, 1.54) is 12.1 Å². The van der Waals surface area contributed by atoms with Crippen molar-refractivity contribution in [1.82, 2.24) is 15.6 Å². The third kappa shape index (κ3) is 7.40. The van der Waals surface area contributed by atoms with Crippen molar-refractivity contribution in [3.05, 3.63) is 54.0 Å². The highest BCUT2D eigenvalue weighted by Crippen LogP contribution is 2.17. The molecule has 0 amide bonds. The smallest absolute Gasteiger partial charge is 0.191 e. The Labute approximate surface area is 183 Å². The molecule has 1 aromatic carbocycles. The van der Waals surface area contributed by atoms with Gasteiger partial charge in [0.05, 0.1) is 25.8 Å². The molecule has 0 aliphatic carbocycles. The Balaban J connectivity index is 1.56. The van der Waals surface area contributed by atoms with Gasteiger partial charge < -0.3 is 25.0 Å². The monoisotopic (exact) mass is 429 g/mol. The van der Waals surface area contributed by atoms with Gasteiger partial charge in [-0.05, 0) is 50.6 Å².